The van der Waals surface area contributed by atoms with Gasteiger partial charge < -0.3 is 14.4 Å². The zero-order chi connectivity index (χ0) is 22.1. The highest BCUT2D eigenvalue weighted by Crippen LogP contribution is 2.31. The monoisotopic (exact) mass is 432 g/mol. The molecule has 2 aliphatic rings. The molecule has 0 unspecified atom stereocenters. The van der Waals surface area contributed by atoms with Gasteiger partial charge in [-0.3, -0.25) is 9.69 Å². The maximum atomic E-state index is 13.2. The number of piperazine rings is 1. The number of amides is 1. The summed E-state index contributed by atoms with van der Waals surface area (Å²) in [6.07, 6.45) is 1.70. The normalized spacial score (nSPS) is 16.2. The second-order valence-electron chi connectivity index (χ2n) is 8.44. The summed E-state index contributed by atoms with van der Waals surface area (Å²) in [6, 6.07) is 14.3. The van der Waals surface area contributed by atoms with Crippen molar-refractivity contribution < 1.29 is 14.3 Å². The molecule has 3 aromatic rings. The van der Waals surface area contributed by atoms with E-state index in [4.69, 9.17) is 9.47 Å². The molecule has 32 heavy (non-hydrogen) atoms. The van der Waals surface area contributed by atoms with Crippen LogP contribution in [0.25, 0.3) is 5.69 Å². The molecule has 7 nitrogen and oxygen atoms in total. The van der Waals surface area contributed by atoms with Crippen LogP contribution in [0.2, 0.25) is 0 Å². The van der Waals surface area contributed by atoms with Gasteiger partial charge in [0.2, 0.25) is 0 Å². The van der Waals surface area contributed by atoms with Gasteiger partial charge in [-0.25, -0.2) is 4.68 Å². The van der Waals surface area contributed by atoms with E-state index in [2.05, 4.69) is 41.2 Å². The van der Waals surface area contributed by atoms with E-state index in [1.165, 1.54) is 11.1 Å². The van der Waals surface area contributed by atoms with Crippen molar-refractivity contribution in [2.75, 3.05) is 39.4 Å². The van der Waals surface area contributed by atoms with Gasteiger partial charge in [-0.2, -0.15) is 5.10 Å². The zero-order valence-corrected chi connectivity index (χ0v) is 18.6. The molecule has 2 aromatic carbocycles. The third-order valence-corrected chi connectivity index (χ3v) is 6.16. The second kappa shape index (κ2) is 8.67. The van der Waals surface area contributed by atoms with Crippen LogP contribution in [0.1, 0.15) is 27.2 Å². The van der Waals surface area contributed by atoms with E-state index in [0.29, 0.717) is 31.9 Å². The summed E-state index contributed by atoms with van der Waals surface area (Å²) in [6.45, 7) is 9.14. The van der Waals surface area contributed by atoms with E-state index < -0.39 is 0 Å². The van der Waals surface area contributed by atoms with Crippen molar-refractivity contribution in [2.45, 2.75) is 20.4 Å². The Balaban J connectivity index is 1.22. The van der Waals surface area contributed by atoms with Gasteiger partial charge in [-0.15, -0.1) is 0 Å². The molecule has 2 aliphatic heterocycles. The lowest BCUT2D eigenvalue weighted by atomic mass is 10.1. The number of benzene rings is 2. The fourth-order valence-electron chi connectivity index (χ4n) is 4.36. The number of rotatable bonds is 4. The summed E-state index contributed by atoms with van der Waals surface area (Å²) < 4.78 is 13.2. The summed E-state index contributed by atoms with van der Waals surface area (Å²) >= 11 is 0. The summed E-state index contributed by atoms with van der Waals surface area (Å²) in [5.74, 6) is 1.70. The molecule has 5 rings (SSSR count). The topological polar surface area (TPSA) is 59.8 Å². The maximum Gasteiger partial charge on any atom is 0.257 e. The number of ether oxygens (including phenoxy) is 2. The van der Waals surface area contributed by atoms with Gasteiger partial charge in [0.15, 0.2) is 11.5 Å². The van der Waals surface area contributed by atoms with Crippen LogP contribution in [0.3, 0.4) is 0 Å². The second-order valence-corrected chi connectivity index (χ2v) is 8.44. The van der Waals surface area contributed by atoms with Crippen molar-refractivity contribution in [3.05, 3.63) is 71.0 Å². The molecule has 1 amide bonds. The summed E-state index contributed by atoms with van der Waals surface area (Å²) in [4.78, 5) is 17.5. The third-order valence-electron chi connectivity index (χ3n) is 6.16. The molecule has 0 atom stereocenters. The Bertz CT molecular complexity index is 1130. The van der Waals surface area contributed by atoms with Crippen LogP contribution in [0.5, 0.6) is 11.5 Å². The Morgan fingerprint density at radius 1 is 0.969 bits per heavy atom. The molecule has 1 saturated heterocycles. The van der Waals surface area contributed by atoms with Gasteiger partial charge in [0, 0.05) is 32.7 Å². The van der Waals surface area contributed by atoms with E-state index in [1.807, 2.05) is 34.7 Å². The number of hydrogen-bond donors (Lipinski definition) is 0. The maximum absolute atomic E-state index is 13.2. The molecule has 0 N–H and O–H groups in total. The molecule has 166 valence electrons. The van der Waals surface area contributed by atoms with Crippen LogP contribution in [0, 0.1) is 13.8 Å². The van der Waals surface area contributed by atoms with Gasteiger partial charge in [0.1, 0.15) is 13.2 Å². The zero-order valence-electron chi connectivity index (χ0n) is 18.6. The first kappa shape index (κ1) is 20.6. The Kier molecular flexibility index (Phi) is 5.57. The van der Waals surface area contributed by atoms with Crippen LogP contribution in [-0.2, 0) is 6.54 Å². The predicted octanol–water partition coefficient (Wildman–Crippen LogP) is 3.22. The first-order chi connectivity index (χ1) is 15.6. The number of nitrogens with zero attached hydrogens (tertiary/aromatic N) is 4. The smallest absolute Gasteiger partial charge is 0.257 e. The number of aryl methyl sites for hydroxylation is 1. The van der Waals surface area contributed by atoms with Gasteiger partial charge in [-0.1, -0.05) is 18.2 Å². The van der Waals surface area contributed by atoms with E-state index in [0.717, 1.165) is 42.5 Å². The van der Waals surface area contributed by atoms with E-state index in [1.54, 1.807) is 6.20 Å². The number of carbonyl (C=O) groups excluding carboxylic acids is 1. The first-order valence-electron chi connectivity index (χ1n) is 11.1. The van der Waals surface area contributed by atoms with Gasteiger partial charge in [0.25, 0.3) is 5.91 Å². The van der Waals surface area contributed by atoms with Crippen LogP contribution < -0.4 is 9.47 Å². The molecule has 1 aromatic heterocycles. The van der Waals surface area contributed by atoms with Crippen LogP contribution >= 0.6 is 0 Å². The summed E-state index contributed by atoms with van der Waals surface area (Å²) in [5.41, 5.74) is 4.89. The molecular weight excluding hydrogens is 404 g/mol. The van der Waals surface area contributed by atoms with Crippen molar-refractivity contribution in [2.24, 2.45) is 0 Å². The number of carbonyl (C=O) groups is 1. The molecule has 0 bridgehead atoms. The molecule has 3 heterocycles. The van der Waals surface area contributed by atoms with E-state index >= 15 is 0 Å². The lowest BCUT2D eigenvalue weighted by Crippen LogP contribution is -2.48. The SMILES string of the molecule is Cc1cccc(-n2ncc(C(=O)N3CCN(Cc4ccc5c(c4)OCCO5)CC3)c2C)c1. The minimum absolute atomic E-state index is 0.0559. The molecule has 0 spiro atoms. The fourth-order valence-corrected chi connectivity index (χ4v) is 4.36. The number of fused-ring (bicyclic) bond motifs is 1. The van der Waals surface area contributed by atoms with Crippen LogP contribution in [-0.4, -0.2) is 64.9 Å². The number of aromatic nitrogens is 2. The Morgan fingerprint density at radius 3 is 2.53 bits per heavy atom. The molecule has 7 heteroatoms. The van der Waals surface area contributed by atoms with Crippen LogP contribution in [0.4, 0.5) is 0 Å². The minimum Gasteiger partial charge on any atom is -0.486 e. The highest BCUT2D eigenvalue weighted by atomic mass is 16.6. The first-order valence-corrected chi connectivity index (χ1v) is 11.1. The third kappa shape index (κ3) is 4.08. The van der Waals surface area contributed by atoms with Crippen molar-refractivity contribution >= 4 is 5.91 Å². The van der Waals surface area contributed by atoms with Crippen molar-refractivity contribution in [3.63, 3.8) is 0 Å². The average Bonchev–Trinajstić information content (AvgIpc) is 3.20. The lowest BCUT2D eigenvalue weighted by Gasteiger charge is -2.34. The average molecular weight is 433 g/mol. The molecule has 0 radical (unpaired) electrons. The van der Waals surface area contributed by atoms with Crippen molar-refractivity contribution in [3.8, 4) is 17.2 Å². The van der Waals surface area contributed by atoms with Gasteiger partial charge in [0.05, 0.1) is 23.1 Å². The molecular formula is C25H28N4O3. The van der Waals surface area contributed by atoms with Gasteiger partial charge in [-0.05, 0) is 49.2 Å². The van der Waals surface area contributed by atoms with Gasteiger partial charge >= 0.3 is 0 Å². The van der Waals surface area contributed by atoms with E-state index in [9.17, 15) is 4.79 Å². The molecule has 0 aliphatic carbocycles. The standard InChI is InChI=1S/C25H28N4O3/c1-18-4-3-5-21(14-18)29-19(2)22(16-26-29)25(30)28-10-8-27(9-11-28)17-20-6-7-23-24(15-20)32-13-12-31-23/h3-7,14-16H,8-13,17H2,1-2H3. The highest BCUT2D eigenvalue weighted by molar-refractivity contribution is 5.95. The molecule has 1 fully saturated rings. The number of hydrogen-bond acceptors (Lipinski definition) is 5. The van der Waals surface area contributed by atoms with Crippen molar-refractivity contribution in [1.82, 2.24) is 19.6 Å². The fraction of sp³-hybridized carbons (Fsp3) is 0.360. The predicted molar refractivity (Wildman–Crippen MR) is 122 cm³/mol. The molecule has 0 saturated carbocycles. The summed E-state index contributed by atoms with van der Waals surface area (Å²) in [7, 11) is 0. The van der Waals surface area contributed by atoms with Crippen LogP contribution in [0.15, 0.2) is 48.7 Å². The highest BCUT2D eigenvalue weighted by Gasteiger charge is 2.25. The lowest BCUT2D eigenvalue weighted by molar-refractivity contribution is 0.0627. The Labute approximate surface area is 188 Å². The Morgan fingerprint density at radius 2 is 1.75 bits per heavy atom. The Hall–Kier alpha value is -3.32. The minimum atomic E-state index is 0.0559. The van der Waals surface area contributed by atoms with E-state index in [-0.39, 0.29) is 5.91 Å². The summed E-state index contributed by atoms with van der Waals surface area (Å²) in [5, 5.41) is 4.49. The largest absolute Gasteiger partial charge is 0.486 e. The quantitative estimate of drug-likeness (QED) is 0.634. The van der Waals surface area contributed by atoms with Crippen molar-refractivity contribution in [1.29, 1.82) is 0 Å².